The van der Waals surface area contributed by atoms with Gasteiger partial charge < -0.3 is 13.8 Å². The summed E-state index contributed by atoms with van der Waals surface area (Å²) in [6.07, 6.45) is 3.77. The van der Waals surface area contributed by atoms with E-state index < -0.39 is 0 Å². The minimum atomic E-state index is -0.0317. The van der Waals surface area contributed by atoms with Gasteiger partial charge in [0.05, 0.1) is 23.9 Å². The molecule has 0 radical (unpaired) electrons. The fourth-order valence-electron chi connectivity index (χ4n) is 2.52. The first kappa shape index (κ1) is 11.6. The highest BCUT2D eigenvalue weighted by molar-refractivity contribution is 5.74. The molecule has 3 aromatic rings. The molecule has 0 unspecified atom stereocenters. The van der Waals surface area contributed by atoms with E-state index in [1.54, 1.807) is 6.33 Å². The molecule has 3 heterocycles. The highest BCUT2D eigenvalue weighted by atomic mass is 16.5. The van der Waals surface area contributed by atoms with Gasteiger partial charge in [-0.05, 0) is 25.0 Å². The van der Waals surface area contributed by atoms with Gasteiger partial charge in [-0.15, -0.1) is 0 Å². The quantitative estimate of drug-likeness (QED) is 0.730. The monoisotopic (exact) mass is 270 g/mol. The molecule has 2 aromatic heterocycles. The van der Waals surface area contributed by atoms with Gasteiger partial charge in [0, 0.05) is 6.61 Å². The van der Waals surface area contributed by atoms with Crippen LogP contribution in [0.4, 0.5) is 0 Å². The molecule has 0 N–H and O–H groups in total. The molecule has 4 rings (SSSR count). The van der Waals surface area contributed by atoms with E-state index in [-0.39, 0.29) is 6.10 Å². The molecule has 1 saturated heterocycles. The number of nitrogens with zero attached hydrogens (tertiary/aromatic N) is 4. The van der Waals surface area contributed by atoms with Crippen LogP contribution in [-0.2, 0) is 11.3 Å². The SMILES string of the molecule is c1ccc2c(c1)ncn2Cc1noc([C@@H]2CCCO2)n1. The summed E-state index contributed by atoms with van der Waals surface area (Å²) in [4.78, 5) is 8.77. The summed E-state index contributed by atoms with van der Waals surface area (Å²) >= 11 is 0. The van der Waals surface area contributed by atoms with Gasteiger partial charge in [0.2, 0.25) is 0 Å². The molecule has 1 atom stereocenters. The molecule has 0 bridgehead atoms. The summed E-state index contributed by atoms with van der Waals surface area (Å²) in [5.74, 6) is 1.24. The van der Waals surface area contributed by atoms with E-state index >= 15 is 0 Å². The Morgan fingerprint density at radius 3 is 3.15 bits per heavy atom. The summed E-state index contributed by atoms with van der Waals surface area (Å²) in [5, 5.41) is 4.03. The summed E-state index contributed by atoms with van der Waals surface area (Å²) in [6, 6.07) is 7.99. The molecule has 1 aliphatic rings. The van der Waals surface area contributed by atoms with Crippen molar-refractivity contribution in [3.63, 3.8) is 0 Å². The molecular weight excluding hydrogens is 256 g/mol. The summed E-state index contributed by atoms with van der Waals surface area (Å²) in [5.41, 5.74) is 2.03. The Morgan fingerprint density at radius 2 is 2.25 bits per heavy atom. The Labute approximate surface area is 115 Å². The average Bonchev–Trinajstić information content (AvgIpc) is 3.19. The van der Waals surface area contributed by atoms with E-state index in [9.17, 15) is 0 Å². The van der Waals surface area contributed by atoms with Gasteiger partial charge >= 0.3 is 0 Å². The molecule has 1 fully saturated rings. The number of hydrogen-bond acceptors (Lipinski definition) is 5. The van der Waals surface area contributed by atoms with Crippen LogP contribution >= 0.6 is 0 Å². The van der Waals surface area contributed by atoms with E-state index in [4.69, 9.17) is 9.26 Å². The smallest absolute Gasteiger partial charge is 0.255 e. The van der Waals surface area contributed by atoms with Gasteiger partial charge in [-0.2, -0.15) is 4.98 Å². The van der Waals surface area contributed by atoms with Crippen LogP contribution in [0.1, 0.15) is 30.7 Å². The van der Waals surface area contributed by atoms with Crippen molar-refractivity contribution >= 4 is 11.0 Å². The van der Waals surface area contributed by atoms with Crippen molar-refractivity contribution in [3.05, 3.63) is 42.3 Å². The molecule has 0 amide bonds. The zero-order chi connectivity index (χ0) is 13.4. The highest BCUT2D eigenvalue weighted by Gasteiger charge is 2.23. The number of ether oxygens (including phenoxy) is 1. The maximum Gasteiger partial charge on any atom is 0.255 e. The second kappa shape index (κ2) is 4.72. The Balaban J connectivity index is 1.59. The molecule has 0 aliphatic carbocycles. The van der Waals surface area contributed by atoms with E-state index in [2.05, 4.69) is 15.1 Å². The number of hydrogen-bond donors (Lipinski definition) is 0. The van der Waals surface area contributed by atoms with Gasteiger partial charge in [0.15, 0.2) is 5.82 Å². The van der Waals surface area contributed by atoms with E-state index in [0.29, 0.717) is 18.3 Å². The maximum absolute atomic E-state index is 5.54. The number of rotatable bonds is 3. The second-order valence-corrected chi connectivity index (χ2v) is 4.91. The van der Waals surface area contributed by atoms with Crippen LogP contribution in [0.5, 0.6) is 0 Å². The fraction of sp³-hybridized carbons (Fsp3) is 0.357. The fourth-order valence-corrected chi connectivity index (χ4v) is 2.52. The number of imidazole rings is 1. The van der Waals surface area contributed by atoms with Crippen molar-refractivity contribution in [1.82, 2.24) is 19.7 Å². The van der Waals surface area contributed by atoms with E-state index in [1.165, 1.54) is 0 Å². The summed E-state index contributed by atoms with van der Waals surface area (Å²) in [7, 11) is 0. The Kier molecular flexibility index (Phi) is 2.74. The zero-order valence-electron chi connectivity index (χ0n) is 10.9. The van der Waals surface area contributed by atoms with Crippen LogP contribution in [0.25, 0.3) is 11.0 Å². The normalized spacial score (nSPS) is 18.9. The minimum Gasteiger partial charge on any atom is -0.368 e. The summed E-state index contributed by atoms with van der Waals surface area (Å²) in [6.45, 7) is 1.32. The standard InChI is InChI=1S/C14H14N4O2/c1-2-5-11-10(4-1)15-9-18(11)8-13-16-14(20-17-13)12-6-3-7-19-12/h1-2,4-5,9,12H,3,6-8H2/t12-/m0/s1. The topological polar surface area (TPSA) is 66.0 Å². The van der Waals surface area contributed by atoms with Crippen molar-refractivity contribution in [2.75, 3.05) is 6.61 Å². The van der Waals surface area contributed by atoms with Crippen molar-refractivity contribution in [2.45, 2.75) is 25.5 Å². The molecule has 1 aromatic carbocycles. The van der Waals surface area contributed by atoms with Crippen LogP contribution in [0.15, 0.2) is 35.1 Å². The van der Waals surface area contributed by atoms with Crippen LogP contribution < -0.4 is 0 Å². The number of para-hydroxylation sites is 2. The predicted molar refractivity (Wildman–Crippen MR) is 71.1 cm³/mol. The van der Waals surface area contributed by atoms with Crippen molar-refractivity contribution in [3.8, 4) is 0 Å². The molecule has 0 saturated carbocycles. The first-order valence-corrected chi connectivity index (χ1v) is 6.74. The third kappa shape index (κ3) is 1.98. The molecule has 6 heteroatoms. The van der Waals surface area contributed by atoms with Crippen molar-refractivity contribution < 1.29 is 9.26 Å². The lowest BCUT2D eigenvalue weighted by Crippen LogP contribution is -2.01. The van der Waals surface area contributed by atoms with Crippen molar-refractivity contribution in [1.29, 1.82) is 0 Å². The molecule has 0 spiro atoms. The average molecular weight is 270 g/mol. The first-order valence-electron chi connectivity index (χ1n) is 6.74. The lowest BCUT2D eigenvalue weighted by Gasteiger charge is -2.01. The van der Waals surface area contributed by atoms with Gasteiger partial charge in [-0.25, -0.2) is 4.98 Å². The van der Waals surface area contributed by atoms with Crippen LogP contribution in [0, 0.1) is 0 Å². The summed E-state index contributed by atoms with van der Waals surface area (Å²) < 4.78 is 12.8. The lowest BCUT2D eigenvalue weighted by atomic mass is 10.2. The molecular formula is C14H14N4O2. The largest absolute Gasteiger partial charge is 0.368 e. The predicted octanol–water partition coefficient (Wildman–Crippen LogP) is 2.32. The Morgan fingerprint density at radius 1 is 1.30 bits per heavy atom. The molecule has 1 aliphatic heterocycles. The number of benzene rings is 1. The van der Waals surface area contributed by atoms with Crippen LogP contribution in [0.3, 0.4) is 0 Å². The van der Waals surface area contributed by atoms with Gasteiger partial charge in [-0.1, -0.05) is 17.3 Å². The van der Waals surface area contributed by atoms with Crippen molar-refractivity contribution in [2.24, 2.45) is 0 Å². The third-order valence-corrected chi connectivity index (χ3v) is 3.53. The lowest BCUT2D eigenvalue weighted by molar-refractivity contribution is 0.0835. The van der Waals surface area contributed by atoms with Gasteiger partial charge in [0.25, 0.3) is 5.89 Å². The number of aromatic nitrogens is 4. The number of fused-ring (bicyclic) bond motifs is 1. The Hall–Kier alpha value is -2.21. The molecule has 102 valence electrons. The zero-order valence-corrected chi connectivity index (χ0v) is 10.9. The molecule has 20 heavy (non-hydrogen) atoms. The first-order chi connectivity index (χ1) is 9.90. The van der Waals surface area contributed by atoms with Gasteiger partial charge in [-0.3, -0.25) is 0 Å². The van der Waals surface area contributed by atoms with Gasteiger partial charge in [0.1, 0.15) is 6.10 Å². The Bertz CT molecular complexity index is 727. The maximum atomic E-state index is 5.54. The second-order valence-electron chi connectivity index (χ2n) is 4.91. The van der Waals surface area contributed by atoms with E-state index in [1.807, 2.05) is 28.8 Å². The van der Waals surface area contributed by atoms with Crippen LogP contribution in [-0.4, -0.2) is 26.3 Å². The van der Waals surface area contributed by atoms with Crippen LogP contribution in [0.2, 0.25) is 0 Å². The minimum absolute atomic E-state index is 0.0317. The van der Waals surface area contributed by atoms with E-state index in [0.717, 1.165) is 30.5 Å². The molecule has 6 nitrogen and oxygen atoms in total. The third-order valence-electron chi connectivity index (χ3n) is 3.53. The highest BCUT2D eigenvalue weighted by Crippen LogP contribution is 2.27.